The van der Waals surface area contributed by atoms with Crippen LogP contribution in [0.2, 0.25) is 0 Å². The molecule has 0 spiro atoms. The van der Waals surface area contributed by atoms with E-state index in [2.05, 4.69) is 6.58 Å². The Labute approximate surface area is 54.6 Å². The highest BCUT2D eigenvalue weighted by molar-refractivity contribution is 7.52. The van der Waals surface area contributed by atoms with Crippen molar-refractivity contribution in [2.75, 3.05) is 0 Å². The van der Waals surface area contributed by atoms with Gasteiger partial charge in [0, 0.05) is 0 Å². The van der Waals surface area contributed by atoms with Gasteiger partial charge >= 0.3 is 7.60 Å². The third kappa shape index (κ3) is 2.80. The molecule has 2 N–H and O–H groups in total. The van der Waals surface area contributed by atoms with Gasteiger partial charge in [-0.25, -0.2) is 0 Å². The summed E-state index contributed by atoms with van der Waals surface area (Å²) >= 11 is 0. The average molecular weight is 150 g/mol. The number of allylic oxidation sites excluding steroid dienone is 1. The van der Waals surface area contributed by atoms with Crippen LogP contribution in [0.15, 0.2) is 12.7 Å². The quantitative estimate of drug-likeness (QED) is 0.468. The van der Waals surface area contributed by atoms with Crippen LogP contribution in [-0.2, 0) is 4.57 Å². The topological polar surface area (TPSA) is 57.5 Å². The van der Waals surface area contributed by atoms with Crippen LogP contribution >= 0.6 is 7.60 Å². The van der Waals surface area contributed by atoms with Gasteiger partial charge < -0.3 is 9.79 Å². The zero-order chi connectivity index (χ0) is 7.49. The third-order valence-corrected chi connectivity index (χ3v) is 2.56. The Bertz CT molecular complexity index is 137. The molecule has 0 radical (unpaired) electrons. The van der Waals surface area contributed by atoms with Gasteiger partial charge in [0.1, 0.15) is 0 Å². The summed E-state index contributed by atoms with van der Waals surface area (Å²) in [5.41, 5.74) is -0.669. The highest BCUT2D eigenvalue weighted by atomic mass is 31.2. The van der Waals surface area contributed by atoms with Crippen molar-refractivity contribution in [1.29, 1.82) is 0 Å². The molecule has 1 atom stereocenters. The van der Waals surface area contributed by atoms with E-state index in [0.717, 1.165) is 0 Å². The largest absolute Gasteiger partial charge is 0.332 e. The molecule has 54 valence electrons. The van der Waals surface area contributed by atoms with Crippen molar-refractivity contribution in [2.24, 2.45) is 0 Å². The van der Waals surface area contributed by atoms with Gasteiger partial charge in [-0.1, -0.05) is 13.0 Å². The van der Waals surface area contributed by atoms with E-state index in [4.69, 9.17) is 9.79 Å². The van der Waals surface area contributed by atoms with E-state index in [0.29, 0.717) is 6.42 Å². The molecule has 0 bridgehead atoms. The minimum absolute atomic E-state index is 0.438. The van der Waals surface area contributed by atoms with Gasteiger partial charge in [0.05, 0.1) is 5.66 Å². The van der Waals surface area contributed by atoms with Crippen LogP contribution in [-0.4, -0.2) is 15.4 Å². The molecule has 9 heavy (non-hydrogen) atoms. The summed E-state index contributed by atoms with van der Waals surface area (Å²) in [6.45, 7) is 5.02. The highest BCUT2D eigenvalue weighted by Gasteiger charge is 2.22. The van der Waals surface area contributed by atoms with Crippen molar-refractivity contribution in [1.82, 2.24) is 0 Å². The summed E-state index contributed by atoms with van der Waals surface area (Å²) in [5, 5.41) is 0. The maximum absolute atomic E-state index is 10.4. The second-order valence-electron chi connectivity index (χ2n) is 1.80. The first kappa shape index (κ1) is 8.89. The van der Waals surface area contributed by atoms with Crippen molar-refractivity contribution in [2.45, 2.75) is 19.0 Å². The van der Waals surface area contributed by atoms with Gasteiger partial charge in [-0.2, -0.15) is 0 Å². The first-order chi connectivity index (χ1) is 4.02. The smallest absolute Gasteiger partial charge is 0.324 e. The first-order valence-electron chi connectivity index (χ1n) is 2.70. The van der Waals surface area contributed by atoms with Crippen molar-refractivity contribution in [3.8, 4) is 0 Å². The Morgan fingerprint density at radius 1 is 1.78 bits per heavy atom. The van der Waals surface area contributed by atoms with Gasteiger partial charge in [-0.3, -0.25) is 4.57 Å². The fourth-order valence-electron chi connectivity index (χ4n) is 0.542. The molecule has 1 unspecified atom stereocenters. The maximum Gasteiger partial charge on any atom is 0.332 e. The number of hydrogen-bond acceptors (Lipinski definition) is 1. The molecule has 4 heteroatoms. The molecule has 0 aromatic rings. The van der Waals surface area contributed by atoms with Crippen molar-refractivity contribution in [3.05, 3.63) is 12.7 Å². The molecule has 0 amide bonds. The number of hydrogen-bond donors (Lipinski definition) is 2. The average Bonchev–Trinajstić information content (AvgIpc) is 1.65. The highest BCUT2D eigenvalue weighted by Crippen LogP contribution is 2.43. The lowest BCUT2D eigenvalue weighted by Gasteiger charge is -2.10. The molecule has 0 aliphatic carbocycles. The predicted molar refractivity (Wildman–Crippen MR) is 36.3 cm³/mol. The summed E-state index contributed by atoms with van der Waals surface area (Å²) in [5.74, 6) is 0. The van der Waals surface area contributed by atoms with Crippen LogP contribution in [0.3, 0.4) is 0 Å². The molecule has 0 aromatic carbocycles. The molecular formula is C5H11O3P. The van der Waals surface area contributed by atoms with Crippen LogP contribution in [0.1, 0.15) is 13.3 Å². The monoisotopic (exact) mass is 150 g/mol. The summed E-state index contributed by atoms with van der Waals surface area (Å²) < 4.78 is 10.4. The van der Waals surface area contributed by atoms with E-state index < -0.39 is 13.3 Å². The van der Waals surface area contributed by atoms with Gasteiger partial charge in [0.15, 0.2) is 0 Å². The Balaban J connectivity index is 4.12. The first-order valence-corrected chi connectivity index (χ1v) is 4.38. The predicted octanol–water partition coefficient (Wildman–Crippen LogP) is 1.13. The lowest BCUT2D eigenvalue weighted by molar-refractivity contribution is 0.364. The fraction of sp³-hybridized carbons (Fsp3) is 0.600. The van der Waals surface area contributed by atoms with Gasteiger partial charge in [-0.15, -0.1) is 6.58 Å². The molecule has 0 fully saturated rings. The zero-order valence-corrected chi connectivity index (χ0v) is 6.21. The van der Waals surface area contributed by atoms with Crippen LogP contribution < -0.4 is 0 Å². The van der Waals surface area contributed by atoms with Crippen LogP contribution in [0.4, 0.5) is 0 Å². The Hall–Kier alpha value is -0.110. The SMILES string of the molecule is C=CC(CC)P(=O)(O)O. The van der Waals surface area contributed by atoms with Crippen LogP contribution in [0.25, 0.3) is 0 Å². The van der Waals surface area contributed by atoms with Gasteiger partial charge in [0.2, 0.25) is 0 Å². The van der Waals surface area contributed by atoms with Crippen LogP contribution in [0, 0.1) is 0 Å². The Morgan fingerprint density at radius 2 is 2.22 bits per heavy atom. The molecule has 0 heterocycles. The van der Waals surface area contributed by atoms with Crippen molar-refractivity contribution >= 4 is 7.60 Å². The molecule has 0 saturated carbocycles. The van der Waals surface area contributed by atoms with Crippen molar-refractivity contribution < 1.29 is 14.4 Å². The Kier molecular flexibility index (Phi) is 3.12. The second kappa shape index (κ2) is 3.16. The minimum Gasteiger partial charge on any atom is -0.324 e. The summed E-state index contributed by atoms with van der Waals surface area (Å²) in [6.07, 6.45) is 1.73. The second-order valence-corrected chi connectivity index (χ2v) is 3.64. The van der Waals surface area contributed by atoms with E-state index in [1.807, 2.05) is 0 Å². The molecule has 0 saturated heterocycles. The van der Waals surface area contributed by atoms with Crippen LogP contribution in [0.5, 0.6) is 0 Å². The zero-order valence-electron chi connectivity index (χ0n) is 5.32. The normalized spacial score (nSPS) is 15.0. The molecule has 0 aliphatic rings. The lowest BCUT2D eigenvalue weighted by Crippen LogP contribution is -2.01. The van der Waals surface area contributed by atoms with E-state index in [-0.39, 0.29) is 0 Å². The summed E-state index contributed by atoms with van der Waals surface area (Å²) in [4.78, 5) is 17.0. The van der Waals surface area contributed by atoms with E-state index in [1.165, 1.54) is 6.08 Å². The summed E-state index contributed by atoms with van der Waals surface area (Å²) in [7, 11) is -3.89. The lowest BCUT2D eigenvalue weighted by atomic mass is 10.3. The standard InChI is InChI=1S/C5H11O3P/c1-3-5(4-2)9(6,7)8/h3,5H,1,4H2,2H3,(H2,6,7,8). The van der Waals surface area contributed by atoms with Crippen molar-refractivity contribution in [3.63, 3.8) is 0 Å². The van der Waals surface area contributed by atoms with Gasteiger partial charge in [-0.05, 0) is 6.42 Å². The van der Waals surface area contributed by atoms with Gasteiger partial charge in [0.25, 0.3) is 0 Å². The molecular weight excluding hydrogens is 139 g/mol. The minimum atomic E-state index is -3.89. The fourth-order valence-corrected chi connectivity index (χ4v) is 1.29. The summed E-state index contributed by atoms with van der Waals surface area (Å²) in [6, 6.07) is 0. The number of rotatable bonds is 3. The molecule has 0 aromatic heterocycles. The molecule has 3 nitrogen and oxygen atoms in total. The van der Waals surface area contributed by atoms with E-state index >= 15 is 0 Å². The molecule has 0 rings (SSSR count). The third-order valence-electron chi connectivity index (χ3n) is 1.12. The van der Waals surface area contributed by atoms with E-state index in [9.17, 15) is 4.57 Å². The Morgan fingerprint density at radius 3 is 2.22 bits per heavy atom. The molecule has 0 aliphatic heterocycles. The maximum atomic E-state index is 10.4. The van der Waals surface area contributed by atoms with E-state index in [1.54, 1.807) is 6.92 Å².